The van der Waals surface area contributed by atoms with Crippen LogP contribution in [0.15, 0.2) is 24.3 Å². The quantitative estimate of drug-likeness (QED) is 0.842. The Morgan fingerprint density at radius 2 is 2.15 bits per heavy atom. The number of nitrogens with one attached hydrogen (secondary N) is 1. The van der Waals surface area contributed by atoms with Crippen LogP contribution < -0.4 is 5.32 Å². The van der Waals surface area contributed by atoms with E-state index in [0.717, 1.165) is 36.8 Å². The van der Waals surface area contributed by atoms with Crippen molar-refractivity contribution in [3.8, 4) is 0 Å². The highest BCUT2D eigenvalue weighted by molar-refractivity contribution is 6.31. The number of halogens is 1. The molecule has 0 spiro atoms. The monoisotopic (exact) mass is 293 g/mol. The van der Waals surface area contributed by atoms with Gasteiger partial charge in [-0.25, -0.2) is 0 Å². The summed E-state index contributed by atoms with van der Waals surface area (Å²) in [6, 6.07) is 5.55. The second kappa shape index (κ2) is 6.91. The van der Waals surface area contributed by atoms with Gasteiger partial charge < -0.3 is 10.4 Å². The fourth-order valence-corrected chi connectivity index (χ4v) is 2.58. The van der Waals surface area contributed by atoms with Crippen LogP contribution in [0.25, 0.3) is 6.08 Å². The van der Waals surface area contributed by atoms with Crippen LogP contribution in [0.5, 0.6) is 0 Å². The molecule has 2 atom stereocenters. The lowest BCUT2D eigenvalue weighted by molar-refractivity contribution is -0.118. The number of amides is 1. The number of rotatable bonds is 3. The minimum absolute atomic E-state index is 0.123. The summed E-state index contributed by atoms with van der Waals surface area (Å²) in [6.45, 7) is 1.94. The topological polar surface area (TPSA) is 49.3 Å². The number of aliphatic hydroxyl groups is 1. The minimum atomic E-state index is -0.421. The van der Waals surface area contributed by atoms with Crippen molar-refractivity contribution in [2.75, 3.05) is 0 Å². The van der Waals surface area contributed by atoms with E-state index in [0.29, 0.717) is 5.02 Å². The van der Waals surface area contributed by atoms with Crippen LogP contribution >= 0.6 is 11.6 Å². The summed E-state index contributed by atoms with van der Waals surface area (Å²) in [5.74, 6) is -0.173. The number of benzene rings is 1. The molecule has 0 aliphatic heterocycles. The molecule has 1 fully saturated rings. The average molecular weight is 294 g/mol. The largest absolute Gasteiger partial charge is 0.391 e. The molecule has 3 nitrogen and oxygen atoms in total. The van der Waals surface area contributed by atoms with Gasteiger partial charge in [0.1, 0.15) is 0 Å². The van der Waals surface area contributed by atoms with Crippen LogP contribution in [0.1, 0.15) is 36.8 Å². The van der Waals surface area contributed by atoms with Crippen molar-refractivity contribution in [3.05, 3.63) is 40.4 Å². The zero-order valence-corrected chi connectivity index (χ0v) is 12.4. The molecule has 1 saturated carbocycles. The third-order valence-electron chi connectivity index (χ3n) is 3.68. The molecular weight excluding hydrogens is 274 g/mol. The first-order valence-corrected chi connectivity index (χ1v) is 7.37. The van der Waals surface area contributed by atoms with E-state index in [1.54, 1.807) is 6.08 Å². The van der Waals surface area contributed by atoms with E-state index in [4.69, 9.17) is 11.6 Å². The smallest absolute Gasteiger partial charge is 0.244 e. The molecule has 2 rings (SSSR count). The van der Waals surface area contributed by atoms with Crippen molar-refractivity contribution in [2.45, 2.75) is 44.8 Å². The molecular formula is C16H20ClNO2. The summed E-state index contributed by atoms with van der Waals surface area (Å²) < 4.78 is 0. The standard InChI is InChI=1S/C16H20ClNO2/c1-11-6-7-12(10-13(11)17)8-9-16(20)18-14-4-2-3-5-15(14)19/h6-10,14-15,19H,2-5H2,1H3,(H,18,20)/b9-8+/t14-,15-/m0/s1. The number of hydrogen-bond acceptors (Lipinski definition) is 2. The number of carbonyl (C=O) groups excluding carboxylic acids is 1. The molecule has 0 heterocycles. The summed E-state index contributed by atoms with van der Waals surface area (Å²) in [6.07, 6.45) is 6.50. The summed E-state index contributed by atoms with van der Waals surface area (Å²) in [4.78, 5) is 11.8. The van der Waals surface area contributed by atoms with E-state index in [9.17, 15) is 9.90 Å². The van der Waals surface area contributed by atoms with Crippen LogP contribution in [0.4, 0.5) is 0 Å². The summed E-state index contributed by atoms with van der Waals surface area (Å²) in [7, 11) is 0. The van der Waals surface area contributed by atoms with E-state index in [1.165, 1.54) is 6.08 Å². The lowest BCUT2D eigenvalue weighted by Gasteiger charge is -2.27. The van der Waals surface area contributed by atoms with Crippen molar-refractivity contribution < 1.29 is 9.90 Å². The molecule has 0 unspecified atom stereocenters. The van der Waals surface area contributed by atoms with Crippen molar-refractivity contribution in [1.82, 2.24) is 5.32 Å². The van der Waals surface area contributed by atoms with Gasteiger partial charge in [0.25, 0.3) is 0 Å². The third kappa shape index (κ3) is 4.09. The van der Waals surface area contributed by atoms with Crippen molar-refractivity contribution in [1.29, 1.82) is 0 Å². The fourth-order valence-electron chi connectivity index (χ4n) is 2.40. The van der Waals surface area contributed by atoms with Crippen LogP contribution in [0, 0.1) is 6.92 Å². The van der Waals surface area contributed by atoms with Gasteiger partial charge in [0, 0.05) is 11.1 Å². The van der Waals surface area contributed by atoms with E-state index >= 15 is 0 Å². The maximum Gasteiger partial charge on any atom is 0.244 e. The highest BCUT2D eigenvalue weighted by atomic mass is 35.5. The van der Waals surface area contributed by atoms with Crippen LogP contribution in [-0.2, 0) is 4.79 Å². The van der Waals surface area contributed by atoms with Gasteiger partial charge in [-0.2, -0.15) is 0 Å². The van der Waals surface area contributed by atoms with Crippen molar-refractivity contribution >= 4 is 23.6 Å². The van der Waals surface area contributed by atoms with Crippen LogP contribution in [0.2, 0.25) is 5.02 Å². The number of hydrogen-bond donors (Lipinski definition) is 2. The van der Waals surface area contributed by atoms with Gasteiger partial charge in [-0.05, 0) is 43.0 Å². The number of carbonyl (C=O) groups is 1. The molecule has 4 heteroatoms. The lowest BCUT2D eigenvalue weighted by atomic mass is 9.92. The molecule has 1 amide bonds. The maximum absolute atomic E-state index is 11.8. The first-order chi connectivity index (χ1) is 9.56. The third-order valence-corrected chi connectivity index (χ3v) is 4.09. The molecule has 108 valence electrons. The van der Waals surface area contributed by atoms with E-state index in [2.05, 4.69) is 5.32 Å². The molecule has 1 aliphatic carbocycles. The molecule has 0 saturated heterocycles. The zero-order valence-electron chi connectivity index (χ0n) is 11.6. The van der Waals surface area contributed by atoms with Gasteiger partial charge in [-0.1, -0.05) is 36.6 Å². The Morgan fingerprint density at radius 1 is 1.40 bits per heavy atom. The molecule has 20 heavy (non-hydrogen) atoms. The summed E-state index contributed by atoms with van der Waals surface area (Å²) >= 11 is 6.04. The van der Waals surface area contributed by atoms with Gasteiger partial charge in [0.15, 0.2) is 0 Å². The Bertz CT molecular complexity index is 513. The molecule has 1 aromatic rings. The summed E-state index contributed by atoms with van der Waals surface area (Å²) in [5, 5.41) is 13.4. The number of aliphatic hydroxyl groups excluding tert-OH is 1. The first-order valence-electron chi connectivity index (χ1n) is 6.99. The Labute approximate surface area is 124 Å². The predicted octanol–water partition coefficient (Wildman–Crippen LogP) is 3.08. The zero-order chi connectivity index (χ0) is 14.5. The predicted molar refractivity (Wildman–Crippen MR) is 81.6 cm³/mol. The first kappa shape index (κ1) is 15.1. The average Bonchev–Trinajstić information content (AvgIpc) is 2.43. The van der Waals surface area contributed by atoms with Crippen molar-refractivity contribution in [2.24, 2.45) is 0 Å². The Morgan fingerprint density at radius 3 is 2.85 bits per heavy atom. The number of aryl methyl sites for hydroxylation is 1. The summed E-state index contributed by atoms with van der Waals surface area (Å²) in [5.41, 5.74) is 1.90. The lowest BCUT2D eigenvalue weighted by Crippen LogP contribution is -2.44. The minimum Gasteiger partial charge on any atom is -0.391 e. The fraction of sp³-hybridized carbons (Fsp3) is 0.438. The molecule has 0 aromatic heterocycles. The molecule has 0 radical (unpaired) electrons. The molecule has 0 bridgehead atoms. The second-order valence-electron chi connectivity index (χ2n) is 5.31. The highest BCUT2D eigenvalue weighted by Crippen LogP contribution is 2.19. The second-order valence-corrected chi connectivity index (χ2v) is 5.72. The Hall–Kier alpha value is -1.32. The van der Waals surface area contributed by atoms with Gasteiger partial charge in [-0.15, -0.1) is 0 Å². The molecule has 2 N–H and O–H groups in total. The normalized spacial score (nSPS) is 22.9. The Balaban J connectivity index is 1.93. The maximum atomic E-state index is 11.8. The molecule has 1 aliphatic rings. The van der Waals surface area contributed by atoms with Crippen LogP contribution in [0.3, 0.4) is 0 Å². The van der Waals surface area contributed by atoms with Gasteiger partial charge in [0.05, 0.1) is 12.1 Å². The van der Waals surface area contributed by atoms with E-state index in [-0.39, 0.29) is 11.9 Å². The van der Waals surface area contributed by atoms with Gasteiger partial charge in [-0.3, -0.25) is 4.79 Å². The molecule has 1 aromatic carbocycles. The van der Waals surface area contributed by atoms with Gasteiger partial charge >= 0.3 is 0 Å². The van der Waals surface area contributed by atoms with Crippen LogP contribution in [-0.4, -0.2) is 23.2 Å². The van der Waals surface area contributed by atoms with Gasteiger partial charge in [0.2, 0.25) is 5.91 Å². The van der Waals surface area contributed by atoms with E-state index in [1.807, 2.05) is 25.1 Å². The highest BCUT2D eigenvalue weighted by Gasteiger charge is 2.23. The van der Waals surface area contributed by atoms with E-state index < -0.39 is 6.10 Å². The SMILES string of the molecule is Cc1ccc(/C=C/C(=O)N[C@H]2CCCC[C@@H]2O)cc1Cl. The Kier molecular flexibility index (Phi) is 5.21. The van der Waals surface area contributed by atoms with Crippen molar-refractivity contribution in [3.63, 3.8) is 0 Å².